The van der Waals surface area contributed by atoms with Crippen molar-refractivity contribution in [3.8, 4) is 0 Å². The van der Waals surface area contributed by atoms with Crippen molar-refractivity contribution in [2.75, 3.05) is 5.32 Å². The highest BCUT2D eigenvalue weighted by Crippen LogP contribution is 2.30. The van der Waals surface area contributed by atoms with E-state index in [1.54, 1.807) is 18.2 Å². The fraction of sp³-hybridized carbons (Fsp3) is 0.0714. The molecule has 106 valence electrons. The fourth-order valence-electron chi connectivity index (χ4n) is 1.94. The van der Waals surface area contributed by atoms with Gasteiger partial charge in [-0.1, -0.05) is 6.07 Å². The van der Waals surface area contributed by atoms with Crippen LogP contribution in [0.3, 0.4) is 0 Å². The Morgan fingerprint density at radius 1 is 1.33 bits per heavy atom. The summed E-state index contributed by atoms with van der Waals surface area (Å²) in [6, 6.07) is 6.79. The second-order valence-corrected chi connectivity index (χ2v) is 5.67. The van der Waals surface area contributed by atoms with Gasteiger partial charge in [-0.25, -0.2) is 9.78 Å². The van der Waals surface area contributed by atoms with Crippen LogP contribution in [0.4, 0.5) is 11.5 Å². The molecule has 0 bridgehead atoms. The third-order valence-corrected chi connectivity index (χ3v) is 4.01. The maximum Gasteiger partial charge on any atom is 0.335 e. The van der Waals surface area contributed by atoms with Crippen LogP contribution in [0.1, 0.15) is 15.9 Å². The molecule has 0 saturated carbocycles. The number of rotatable bonds is 3. The summed E-state index contributed by atoms with van der Waals surface area (Å²) in [4.78, 5) is 20.2. The minimum Gasteiger partial charge on any atom is -0.478 e. The van der Waals surface area contributed by atoms with Crippen LogP contribution in [0.15, 0.2) is 29.6 Å². The van der Waals surface area contributed by atoms with Crippen LogP contribution in [0, 0.1) is 6.92 Å². The molecule has 5 nitrogen and oxygen atoms in total. The van der Waals surface area contributed by atoms with Gasteiger partial charge in [0, 0.05) is 5.69 Å². The average Bonchev–Trinajstić information content (AvgIpc) is 2.89. The molecule has 2 N–H and O–H groups in total. The van der Waals surface area contributed by atoms with Gasteiger partial charge in [0.15, 0.2) is 0 Å². The third-order valence-electron chi connectivity index (χ3n) is 3.04. The number of aryl methyl sites for hydroxylation is 1. The van der Waals surface area contributed by atoms with Crippen LogP contribution in [0.5, 0.6) is 0 Å². The number of aromatic carboxylic acids is 1. The summed E-state index contributed by atoms with van der Waals surface area (Å²) in [7, 11) is 0. The number of anilines is 2. The average molecular weight is 320 g/mol. The standard InChI is InChI=1S/C14H10ClN3O2S/c1-7-2-3-8(13(19)20)6-10(7)16-11-9-4-5-21-12(9)18-14(15)17-11/h2-6H,1H3,(H,19,20)(H,16,17,18). The highest BCUT2D eigenvalue weighted by atomic mass is 35.5. The number of carboxylic acid groups (broad SMARTS) is 1. The van der Waals surface area contributed by atoms with Crippen LogP contribution < -0.4 is 5.32 Å². The number of fused-ring (bicyclic) bond motifs is 1. The van der Waals surface area contributed by atoms with Crippen molar-refractivity contribution in [2.24, 2.45) is 0 Å². The van der Waals surface area contributed by atoms with E-state index in [1.807, 2.05) is 18.4 Å². The molecule has 0 unspecified atom stereocenters. The van der Waals surface area contributed by atoms with E-state index in [0.29, 0.717) is 11.5 Å². The van der Waals surface area contributed by atoms with E-state index in [9.17, 15) is 4.79 Å². The van der Waals surface area contributed by atoms with Gasteiger partial charge in [-0.3, -0.25) is 0 Å². The lowest BCUT2D eigenvalue weighted by molar-refractivity contribution is 0.0697. The Balaban J connectivity index is 2.08. The predicted molar refractivity (Wildman–Crippen MR) is 83.8 cm³/mol. The van der Waals surface area contributed by atoms with E-state index in [2.05, 4.69) is 15.3 Å². The molecule has 0 amide bonds. The Hall–Kier alpha value is -2.18. The van der Waals surface area contributed by atoms with Crippen LogP contribution in [0.2, 0.25) is 5.28 Å². The van der Waals surface area contributed by atoms with E-state index in [4.69, 9.17) is 16.7 Å². The number of aromatic nitrogens is 2. The van der Waals surface area contributed by atoms with E-state index >= 15 is 0 Å². The van der Waals surface area contributed by atoms with Crippen LogP contribution in [-0.2, 0) is 0 Å². The summed E-state index contributed by atoms with van der Waals surface area (Å²) >= 11 is 7.39. The number of halogens is 1. The number of nitrogens with one attached hydrogen (secondary N) is 1. The van der Waals surface area contributed by atoms with Gasteiger partial charge in [0.1, 0.15) is 10.6 Å². The van der Waals surface area contributed by atoms with Crippen molar-refractivity contribution >= 4 is 50.6 Å². The first-order valence-corrected chi connectivity index (χ1v) is 7.32. The van der Waals surface area contributed by atoms with Gasteiger partial charge in [-0.2, -0.15) is 4.98 Å². The molecule has 0 fully saturated rings. The highest BCUT2D eigenvalue weighted by Gasteiger charge is 2.11. The fourth-order valence-corrected chi connectivity index (χ4v) is 2.92. The monoisotopic (exact) mass is 319 g/mol. The Morgan fingerprint density at radius 3 is 2.90 bits per heavy atom. The lowest BCUT2D eigenvalue weighted by Crippen LogP contribution is -2.01. The third kappa shape index (κ3) is 2.68. The summed E-state index contributed by atoms with van der Waals surface area (Å²) in [5, 5.41) is 15.1. The second-order valence-electron chi connectivity index (χ2n) is 4.44. The number of nitrogens with zero attached hydrogens (tertiary/aromatic N) is 2. The van der Waals surface area contributed by atoms with Gasteiger partial charge >= 0.3 is 5.97 Å². The summed E-state index contributed by atoms with van der Waals surface area (Å²) < 4.78 is 0. The van der Waals surface area contributed by atoms with Gasteiger partial charge in [-0.15, -0.1) is 11.3 Å². The Bertz CT molecular complexity index is 847. The molecule has 1 aromatic carbocycles. The molecule has 2 heterocycles. The van der Waals surface area contributed by atoms with Crippen molar-refractivity contribution in [3.63, 3.8) is 0 Å². The molecule has 2 aromatic heterocycles. The molecule has 0 radical (unpaired) electrons. The van der Waals surface area contributed by atoms with Gasteiger partial charge in [-0.05, 0) is 47.7 Å². The molecule has 0 aliphatic heterocycles. The van der Waals surface area contributed by atoms with Gasteiger partial charge < -0.3 is 10.4 Å². The van der Waals surface area contributed by atoms with Crippen molar-refractivity contribution in [3.05, 3.63) is 46.1 Å². The molecular formula is C14H10ClN3O2S. The molecule has 0 saturated heterocycles. The van der Waals surface area contributed by atoms with Crippen molar-refractivity contribution in [2.45, 2.75) is 6.92 Å². The Labute approximate surface area is 129 Å². The smallest absolute Gasteiger partial charge is 0.335 e. The van der Waals surface area contributed by atoms with Crippen LogP contribution in [0.25, 0.3) is 10.2 Å². The predicted octanol–water partition coefficient (Wildman–Crippen LogP) is 4.09. The molecule has 21 heavy (non-hydrogen) atoms. The quantitative estimate of drug-likeness (QED) is 0.711. The van der Waals surface area contributed by atoms with Crippen molar-refractivity contribution < 1.29 is 9.90 Å². The molecule has 0 aliphatic rings. The van der Waals surface area contributed by atoms with E-state index in [1.165, 1.54) is 11.3 Å². The minimum atomic E-state index is -0.973. The van der Waals surface area contributed by atoms with E-state index < -0.39 is 5.97 Å². The first-order chi connectivity index (χ1) is 10.0. The highest BCUT2D eigenvalue weighted by molar-refractivity contribution is 7.16. The van der Waals surface area contributed by atoms with Gasteiger partial charge in [0.2, 0.25) is 5.28 Å². The van der Waals surface area contributed by atoms with Gasteiger partial charge in [0.05, 0.1) is 10.9 Å². The molecule has 3 rings (SSSR count). The molecule has 7 heteroatoms. The van der Waals surface area contributed by atoms with Gasteiger partial charge in [0.25, 0.3) is 0 Å². The number of carboxylic acids is 1. The number of benzene rings is 1. The summed E-state index contributed by atoms with van der Waals surface area (Å²) in [6.45, 7) is 1.89. The molecule has 0 aliphatic carbocycles. The lowest BCUT2D eigenvalue weighted by Gasteiger charge is -2.10. The first-order valence-electron chi connectivity index (χ1n) is 6.06. The summed E-state index contributed by atoms with van der Waals surface area (Å²) in [5.74, 6) is -0.406. The molecule has 0 atom stereocenters. The maximum atomic E-state index is 11.1. The summed E-state index contributed by atoms with van der Waals surface area (Å²) in [6.07, 6.45) is 0. The summed E-state index contributed by atoms with van der Waals surface area (Å²) in [5.41, 5.74) is 1.81. The van der Waals surface area contributed by atoms with E-state index in [0.717, 1.165) is 15.8 Å². The number of hydrogen-bond donors (Lipinski definition) is 2. The Kier molecular flexibility index (Phi) is 3.48. The number of thiophene rings is 1. The molecule has 0 spiro atoms. The lowest BCUT2D eigenvalue weighted by atomic mass is 10.1. The zero-order valence-corrected chi connectivity index (χ0v) is 12.5. The Morgan fingerprint density at radius 2 is 2.14 bits per heavy atom. The van der Waals surface area contributed by atoms with Crippen molar-refractivity contribution in [1.29, 1.82) is 0 Å². The number of hydrogen-bond acceptors (Lipinski definition) is 5. The van der Waals surface area contributed by atoms with E-state index in [-0.39, 0.29) is 10.8 Å². The number of carbonyl (C=O) groups is 1. The second kappa shape index (κ2) is 5.31. The molecular weight excluding hydrogens is 310 g/mol. The molecule has 3 aromatic rings. The SMILES string of the molecule is Cc1ccc(C(=O)O)cc1Nc1nc(Cl)nc2sccc12. The van der Waals surface area contributed by atoms with Crippen LogP contribution in [-0.4, -0.2) is 21.0 Å². The minimum absolute atomic E-state index is 0.152. The topological polar surface area (TPSA) is 75.1 Å². The first kappa shape index (κ1) is 13.8. The van der Waals surface area contributed by atoms with Crippen LogP contribution >= 0.6 is 22.9 Å². The normalized spacial score (nSPS) is 10.8. The zero-order valence-electron chi connectivity index (χ0n) is 10.9. The van der Waals surface area contributed by atoms with Crippen molar-refractivity contribution in [1.82, 2.24) is 9.97 Å². The zero-order chi connectivity index (χ0) is 15.0. The largest absolute Gasteiger partial charge is 0.478 e. The maximum absolute atomic E-state index is 11.1.